The van der Waals surface area contributed by atoms with E-state index in [0.717, 1.165) is 88.2 Å². The maximum atomic E-state index is 13.9. The van der Waals surface area contributed by atoms with E-state index in [-0.39, 0.29) is 11.9 Å². The lowest BCUT2D eigenvalue weighted by Crippen LogP contribution is -2.15. The summed E-state index contributed by atoms with van der Waals surface area (Å²) in [5.41, 5.74) is 1.18. The minimum absolute atomic E-state index is 0.271. The first-order valence-corrected chi connectivity index (χ1v) is 24.3. The van der Waals surface area contributed by atoms with Crippen LogP contribution in [0.5, 0.6) is 0 Å². The standard InChI is InChI=1S/C42H56Br2O4S4/c1-5-9-13-15-19-29(17-11-7-3)27-47-41(45)31-25-35(51-39(31)33-21-23-37(43)49-33)36-26-32(40(52-36)34-22-24-38(44)50-34)42(46)48-28-30(18-12-8-4)20-16-14-10-6-2/h21-26,29-30H,5-20,27-28H2,1-4H3. The van der Waals surface area contributed by atoms with Gasteiger partial charge < -0.3 is 9.47 Å². The molecule has 4 aromatic heterocycles. The van der Waals surface area contributed by atoms with Crippen LogP contribution in [0.2, 0.25) is 0 Å². The van der Waals surface area contributed by atoms with Crippen LogP contribution in [0.15, 0.2) is 44.0 Å². The predicted octanol–water partition coefficient (Wildman–Crippen LogP) is 16.3. The molecular formula is C42H56Br2O4S4. The van der Waals surface area contributed by atoms with Gasteiger partial charge >= 0.3 is 11.9 Å². The van der Waals surface area contributed by atoms with E-state index in [2.05, 4.69) is 71.7 Å². The van der Waals surface area contributed by atoms with E-state index in [4.69, 9.17) is 9.47 Å². The Bertz CT molecular complexity index is 1530. The zero-order valence-corrected chi connectivity index (χ0v) is 37.8. The lowest BCUT2D eigenvalue weighted by atomic mass is 9.96. The highest BCUT2D eigenvalue weighted by Gasteiger charge is 2.26. The van der Waals surface area contributed by atoms with Gasteiger partial charge in [-0.15, -0.1) is 45.3 Å². The summed E-state index contributed by atoms with van der Waals surface area (Å²) in [6.45, 7) is 9.82. The van der Waals surface area contributed by atoms with Crippen molar-refractivity contribution in [2.45, 2.75) is 130 Å². The molecule has 0 bridgehead atoms. The third-order valence-corrected chi connectivity index (χ3v) is 15.6. The van der Waals surface area contributed by atoms with Crippen LogP contribution < -0.4 is 0 Å². The lowest BCUT2D eigenvalue weighted by molar-refractivity contribution is 0.0415. The number of hydrogen-bond donors (Lipinski definition) is 0. The SMILES string of the molecule is CCCCCCC(CCCC)COC(=O)c1cc(-c2cc(C(=O)OCC(CCCC)CCCCCC)c(-c3ccc(Br)s3)s2)sc1-c1ccc(Br)s1. The number of unbranched alkanes of at least 4 members (excludes halogenated alkanes) is 8. The summed E-state index contributed by atoms with van der Waals surface area (Å²) in [7, 11) is 0. The van der Waals surface area contributed by atoms with Crippen molar-refractivity contribution >= 4 is 89.1 Å². The van der Waals surface area contributed by atoms with Gasteiger partial charge in [0.1, 0.15) is 0 Å². The second-order valence-corrected chi connectivity index (χ2v) is 20.9. The molecule has 10 heteroatoms. The van der Waals surface area contributed by atoms with Crippen LogP contribution in [0.3, 0.4) is 0 Å². The second kappa shape index (κ2) is 23.6. The molecule has 0 N–H and O–H groups in total. The van der Waals surface area contributed by atoms with Crippen LogP contribution in [-0.2, 0) is 9.47 Å². The molecule has 4 rings (SSSR count). The molecule has 0 radical (unpaired) electrons. The monoisotopic (exact) mass is 910 g/mol. The van der Waals surface area contributed by atoms with Crippen molar-refractivity contribution in [2.24, 2.45) is 11.8 Å². The first-order chi connectivity index (χ1) is 25.3. The largest absolute Gasteiger partial charge is 0.462 e. The Kier molecular flexibility index (Phi) is 19.7. The zero-order chi connectivity index (χ0) is 37.3. The molecule has 0 aliphatic heterocycles. The van der Waals surface area contributed by atoms with Gasteiger partial charge in [-0.2, -0.15) is 0 Å². The Labute approximate surface area is 345 Å². The van der Waals surface area contributed by atoms with E-state index in [1.165, 1.54) is 51.4 Å². The first-order valence-electron chi connectivity index (χ1n) is 19.4. The van der Waals surface area contributed by atoms with Crippen LogP contribution in [-0.4, -0.2) is 25.2 Å². The highest BCUT2D eigenvalue weighted by molar-refractivity contribution is 9.11. The first kappa shape index (κ1) is 43.4. The average molecular weight is 913 g/mol. The Morgan fingerprint density at radius 1 is 0.519 bits per heavy atom. The van der Waals surface area contributed by atoms with Gasteiger partial charge in [0, 0.05) is 19.5 Å². The molecule has 52 heavy (non-hydrogen) atoms. The summed E-state index contributed by atoms with van der Waals surface area (Å²) < 4.78 is 14.2. The fourth-order valence-corrected chi connectivity index (χ4v) is 11.8. The van der Waals surface area contributed by atoms with E-state index >= 15 is 0 Å². The molecule has 0 aliphatic rings. The number of thiophene rings is 4. The fraction of sp³-hybridized carbons (Fsp3) is 0.571. The van der Waals surface area contributed by atoms with E-state index in [0.29, 0.717) is 36.2 Å². The van der Waals surface area contributed by atoms with Gasteiger partial charge in [0.05, 0.1) is 41.7 Å². The van der Waals surface area contributed by atoms with E-state index < -0.39 is 0 Å². The minimum atomic E-state index is -0.271. The number of halogens is 2. The molecule has 0 amide bonds. The van der Waals surface area contributed by atoms with Gasteiger partial charge in [0.15, 0.2) is 0 Å². The van der Waals surface area contributed by atoms with E-state index in [9.17, 15) is 9.59 Å². The maximum absolute atomic E-state index is 13.9. The van der Waals surface area contributed by atoms with Gasteiger partial charge in [-0.25, -0.2) is 9.59 Å². The van der Waals surface area contributed by atoms with Crippen molar-refractivity contribution in [3.8, 4) is 29.3 Å². The Morgan fingerprint density at radius 3 is 1.25 bits per heavy atom. The fourth-order valence-electron chi connectivity index (χ4n) is 6.44. The summed E-state index contributed by atoms with van der Waals surface area (Å²) in [6.07, 6.45) is 18.7. The summed E-state index contributed by atoms with van der Waals surface area (Å²) in [5.74, 6) is 0.227. The quantitative estimate of drug-likeness (QED) is 0.0491. The van der Waals surface area contributed by atoms with Crippen molar-refractivity contribution in [2.75, 3.05) is 13.2 Å². The molecule has 0 saturated carbocycles. The Hall–Kier alpha value is -1.30. The van der Waals surface area contributed by atoms with Gasteiger partial charge in [0.2, 0.25) is 0 Å². The van der Waals surface area contributed by atoms with Gasteiger partial charge in [-0.05, 0) is 106 Å². The molecule has 0 spiro atoms. The Morgan fingerprint density at radius 2 is 0.904 bits per heavy atom. The number of carbonyl (C=O) groups excluding carboxylic acids is 2. The maximum Gasteiger partial charge on any atom is 0.339 e. The number of esters is 2. The predicted molar refractivity (Wildman–Crippen MR) is 234 cm³/mol. The van der Waals surface area contributed by atoms with Crippen molar-refractivity contribution in [1.82, 2.24) is 0 Å². The molecule has 0 saturated heterocycles. The normalized spacial score (nSPS) is 12.7. The topological polar surface area (TPSA) is 52.6 Å². The lowest BCUT2D eigenvalue weighted by Gasteiger charge is -2.17. The van der Waals surface area contributed by atoms with Gasteiger partial charge in [-0.3, -0.25) is 0 Å². The van der Waals surface area contributed by atoms with Crippen molar-refractivity contribution in [1.29, 1.82) is 0 Å². The average Bonchev–Trinajstić information content (AvgIpc) is 3.96. The van der Waals surface area contributed by atoms with Crippen LogP contribution in [0, 0.1) is 11.8 Å². The number of hydrogen-bond acceptors (Lipinski definition) is 8. The molecule has 0 aliphatic carbocycles. The highest BCUT2D eigenvalue weighted by atomic mass is 79.9. The summed E-state index contributed by atoms with van der Waals surface area (Å²) >= 11 is 13.7. The molecule has 286 valence electrons. The van der Waals surface area contributed by atoms with Crippen LogP contribution in [0.1, 0.15) is 151 Å². The molecule has 4 nitrogen and oxygen atoms in total. The molecule has 0 fully saturated rings. The second-order valence-electron chi connectivity index (χ2n) is 13.8. The van der Waals surface area contributed by atoms with E-state index in [1.807, 2.05) is 24.3 Å². The van der Waals surface area contributed by atoms with Crippen molar-refractivity contribution < 1.29 is 19.1 Å². The summed E-state index contributed by atoms with van der Waals surface area (Å²) in [4.78, 5) is 33.5. The minimum Gasteiger partial charge on any atom is -0.462 e. The van der Waals surface area contributed by atoms with Gasteiger partial charge in [-0.1, -0.05) is 105 Å². The summed E-state index contributed by atoms with van der Waals surface area (Å²) in [5, 5.41) is 0. The summed E-state index contributed by atoms with van der Waals surface area (Å²) in [6, 6.07) is 12.1. The zero-order valence-electron chi connectivity index (χ0n) is 31.4. The van der Waals surface area contributed by atoms with Crippen LogP contribution >= 0.6 is 77.2 Å². The van der Waals surface area contributed by atoms with Gasteiger partial charge in [0.25, 0.3) is 0 Å². The third kappa shape index (κ3) is 13.5. The van der Waals surface area contributed by atoms with Crippen LogP contribution in [0.4, 0.5) is 0 Å². The number of ether oxygens (including phenoxy) is 2. The van der Waals surface area contributed by atoms with Crippen molar-refractivity contribution in [3.05, 3.63) is 55.1 Å². The number of carbonyl (C=O) groups is 2. The van der Waals surface area contributed by atoms with Crippen LogP contribution in [0.25, 0.3) is 29.3 Å². The molecular weight excluding hydrogens is 857 g/mol. The molecule has 4 aromatic rings. The molecule has 2 atom stereocenters. The molecule has 2 unspecified atom stereocenters. The molecule has 4 heterocycles. The van der Waals surface area contributed by atoms with E-state index in [1.54, 1.807) is 45.3 Å². The number of rotatable bonds is 25. The molecule has 0 aromatic carbocycles. The highest BCUT2D eigenvalue weighted by Crippen LogP contribution is 2.47. The third-order valence-electron chi connectivity index (χ3n) is 9.50. The van der Waals surface area contributed by atoms with Crippen molar-refractivity contribution in [3.63, 3.8) is 0 Å². The Balaban J connectivity index is 1.61. The smallest absolute Gasteiger partial charge is 0.339 e.